The highest BCUT2D eigenvalue weighted by Crippen LogP contribution is 2.18. The molecule has 0 bridgehead atoms. The molecule has 4 rings (SSSR count). The van der Waals surface area contributed by atoms with E-state index in [9.17, 15) is 0 Å². The van der Waals surface area contributed by atoms with Crippen LogP contribution in [-0.2, 0) is 25.9 Å². The Labute approximate surface area is 145 Å². The Morgan fingerprint density at radius 3 is 2.79 bits per heavy atom. The van der Waals surface area contributed by atoms with Crippen molar-refractivity contribution in [2.24, 2.45) is 0 Å². The summed E-state index contributed by atoms with van der Waals surface area (Å²) >= 11 is 1.38. The summed E-state index contributed by atoms with van der Waals surface area (Å²) in [5.41, 5.74) is 3.32. The predicted molar refractivity (Wildman–Crippen MR) is 94.1 cm³/mol. The van der Waals surface area contributed by atoms with E-state index in [2.05, 4.69) is 53.9 Å². The molecule has 6 nitrogen and oxygen atoms in total. The van der Waals surface area contributed by atoms with Crippen molar-refractivity contribution in [2.45, 2.75) is 45.2 Å². The summed E-state index contributed by atoms with van der Waals surface area (Å²) in [6.45, 7) is 1.76. The van der Waals surface area contributed by atoms with E-state index in [1.165, 1.54) is 36.4 Å². The molecule has 0 spiro atoms. The summed E-state index contributed by atoms with van der Waals surface area (Å²) < 4.78 is 6.18. The first-order chi connectivity index (χ1) is 11.9. The van der Waals surface area contributed by atoms with E-state index in [0.717, 1.165) is 42.4 Å². The van der Waals surface area contributed by atoms with Crippen LogP contribution in [0, 0.1) is 0 Å². The van der Waals surface area contributed by atoms with E-state index in [1.807, 2.05) is 5.38 Å². The molecule has 1 aromatic carbocycles. The zero-order valence-corrected chi connectivity index (χ0v) is 14.3. The molecule has 0 saturated carbocycles. The molecule has 1 aliphatic heterocycles. The van der Waals surface area contributed by atoms with Gasteiger partial charge in [-0.2, -0.15) is 0 Å². The van der Waals surface area contributed by atoms with Gasteiger partial charge in [0.15, 0.2) is 0 Å². The van der Waals surface area contributed by atoms with Crippen molar-refractivity contribution < 1.29 is 0 Å². The lowest BCUT2D eigenvalue weighted by atomic mass is 10.1. The first-order valence-electron chi connectivity index (χ1n) is 8.38. The van der Waals surface area contributed by atoms with Crippen LogP contribution < -0.4 is 5.32 Å². The van der Waals surface area contributed by atoms with Crippen LogP contribution in [0.3, 0.4) is 0 Å². The van der Waals surface area contributed by atoms with Gasteiger partial charge < -0.3 is 9.88 Å². The molecule has 1 N–H and O–H groups in total. The van der Waals surface area contributed by atoms with Crippen molar-refractivity contribution in [1.82, 2.24) is 24.4 Å². The minimum Gasteiger partial charge on any atom is -0.379 e. The van der Waals surface area contributed by atoms with Gasteiger partial charge in [0, 0.05) is 30.5 Å². The van der Waals surface area contributed by atoms with Crippen LogP contribution in [0.1, 0.15) is 42.2 Å². The van der Waals surface area contributed by atoms with Crippen LogP contribution in [0.25, 0.3) is 0 Å². The van der Waals surface area contributed by atoms with Gasteiger partial charge in [0.1, 0.15) is 11.6 Å². The molecule has 0 amide bonds. The minimum atomic E-state index is 0.702. The molecule has 124 valence electrons. The van der Waals surface area contributed by atoms with E-state index >= 15 is 0 Å². The average molecular weight is 340 g/mol. The van der Waals surface area contributed by atoms with Crippen LogP contribution >= 0.6 is 11.5 Å². The number of anilines is 1. The largest absolute Gasteiger partial charge is 0.379 e. The molecule has 1 aliphatic rings. The Bertz CT molecular complexity index is 778. The van der Waals surface area contributed by atoms with E-state index < -0.39 is 0 Å². The molecule has 7 heteroatoms. The Morgan fingerprint density at radius 2 is 1.96 bits per heavy atom. The smallest absolute Gasteiger partial charge is 0.137 e. The summed E-state index contributed by atoms with van der Waals surface area (Å²) in [7, 11) is 0. The highest BCUT2D eigenvalue weighted by Gasteiger charge is 2.14. The number of hydrogen-bond donors (Lipinski definition) is 1. The van der Waals surface area contributed by atoms with Crippen molar-refractivity contribution in [2.75, 3.05) is 5.32 Å². The van der Waals surface area contributed by atoms with Gasteiger partial charge >= 0.3 is 0 Å². The second-order valence-corrected chi connectivity index (χ2v) is 6.73. The van der Waals surface area contributed by atoms with Crippen molar-refractivity contribution in [3.8, 4) is 0 Å². The highest BCUT2D eigenvalue weighted by molar-refractivity contribution is 7.03. The Balaban J connectivity index is 1.41. The Morgan fingerprint density at radius 1 is 1.04 bits per heavy atom. The maximum atomic E-state index is 4.41. The van der Waals surface area contributed by atoms with Crippen molar-refractivity contribution in [1.29, 1.82) is 0 Å². The van der Waals surface area contributed by atoms with E-state index in [0.29, 0.717) is 6.54 Å². The second-order valence-electron chi connectivity index (χ2n) is 6.12. The van der Waals surface area contributed by atoms with Crippen molar-refractivity contribution in [3.63, 3.8) is 0 Å². The number of nitrogens with one attached hydrogen (secondary N) is 1. The molecule has 0 aliphatic carbocycles. The summed E-state index contributed by atoms with van der Waals surface area (Å²) in [5.74, 6) is 2.24. The molecule has 2 aromatic heterocycles. The second kappa shape index (κ2) is 7.09. The molecular weight excluding hydrogens is 320 g/mol. The van der Waals surface area contributed by atoms with E-state index in [1.54, 1.807) is 0 Å². The van der Waals surface area contributed by atoms with Crippen LogP contribution in [-0.4, -0.2) is 24.4 Å². The molecular formula is C17H20N6S. The number of rotatable bonds is 5. The van der Waals surface area contributed by atoms with E-state index in [-0.39, 0.29) is 0 Å². The fourth-order valence-corrected chi connectivity index (χ4v) is 3.50. The number of fused-ring (bicyclic) bond motifs is 1. The van der Waals surface area contributed by atoms with Crippen LogP contribution in [0.5, 0.6) is 0 Å². The van der Waals surface area contributed by atoms with Gasteiger partial charge in [-0.15, -0.1) is 15.3 Å². The van der Waals surface area contributed by atoms with Crippen molar-refractivity contribution >= 4 is 17.2 Å². The monoisotopic (exact) mass is 340 g/mol. The zero-order valence-electron chi connectivity index (χ0n) is 13.5. The fraction of sp³-hybridized carbons (Fsp3) is 0.412. The number of nitrogens with zero attached hydrogens (tertiary/aromatic N) is 5. The third-order valence-electron chi connectivity index (χ3n) is 4.38. The van der Waals surface area contributed by atoms with Gasteiger partial charge in [-0.3, -0.25) is 0 Å². The first kappa shape index (κ1) is 15.3. The summed E-state index contributed by atoms with van der Waals surface area (Å²) in [6, 6.07) is 8.52. The Kier molecular flexibility index (Phi) is 4.51. The topological polar surface area (TPSA) is 68.5 Å². The molecule has 3 aromatic rings. The maximum absolute atomic E-state index is 4.41. The SMILES string of the molecule is c1cc(NCc2csnn2)ccc1Cc1nnc2n1CCCCC2. The maximum Gasteiger partial charge on any atom is 0.137 e. The molecule has 0 saturated heterocycles. The normalized spacial score (nSPS) is 14.2. The van der Waals surface area contributed by atoms with Crippen LogP contribution in [0.15, 0.2) is 29.6 Å². The fourth-order valence-electron chi connectivity index (χ4n) is 3.05. The lowest BCUT2D eigenvalue weighted by molar-refractivity contribution is 0.611. The predicted octanol–water partition coefficient (Wildman–Crippen LogP) is 3.06. The minimum absolute atomic E-state index is 0.702. The Hall–Kier alpha value is -2.28. The molecule has 24 heavy (non-hydrogen) atoms. The standard InChI is InChI=1S/C17H20N6S/c1-2-4-16-20-21-17(23(16)9-3-1)10-13-5-7-14(8-6-13)18-11-15-12-24-22-19-15/h5-8,12,18H,1-4,9-11H2. The third-order valence-corrected chi connectivity index (χ3v) is 4.93. The number of aromatic nitrogens is 5. The van der Waals surface area contributed by atoms with Gasteiger partial charge in [0.05, 0.1) is 12.2 Å². The first-order valence-corrected chi connectivity index (χ1v) is 9.22. The van der Waals surface area contributed by atoms with Crippen molar-refractivity contribution in [3.05, 3.63) is 52.6 Å². The van der Waals surface area contributed by atoms with Gasteiger partial charge in [-0.25, -0.2) is 0 Å². The number of benzene rings is 1. The molecule has 3 heterocycles. The summed E-state index contributed by atoms with van der Waals surface area (Å²) in [4.78, 5) is 0. The van der Waals surface area contributed by atoms with Gasteiger partial charge in [-0.05, 0) is 42.1 Å². The van der Waals surface area contributed by atoms with E-state index in [4.69, 9.17) is 0 Å². The third kappa shape index (κ3) is 3.46. The number of aryl methyl sites for hydroxylation is 1. The molecule has 0 radical (unpaired) electrons. The lowest BCUT2D eigenvalue weighted by Gasteiger charge is -2.08. The quantitative estimate of drug-likeness (QED) is 0.773. The molecule has 0 atom stereocenters. The highest BCUT2D eigenvalue weighted by atomic mass is 32.1. The lowest BCUT2D eigenvalue weighted by Crippen LogP contribution is -2.06. The van der Waals surface area contributed by atoms with Gasteiger partial charge in [0.25, 0.3) is 0 Å². The van der Waals surface area contributed by atoms with Crippen LogP contribution in [0.2, 0.25) is 0 Å². The summed E-state index contributed by atoms with van der Waals surface area (Å²) in [6.07, 6.45) is 5.64. The summed E-state index contributed by atoms with van der Waals surface area (Å²) in [5, 5.41) is 18.1. The molecule has 0 unspecified atom stereocenters. The van der Waals surface area contributed by atoms with Gasteiger partial charge in [-0.1, -0.05) is 23.0 Å². The zero-order chi connectivity index (χ0) is 16.2. The number of hydrogen-bond acceptors (Lipinski definition) is 6. The van der Waals surface area contributed by atoms with Crippen LogP contribution in [0.4, 0.5) is 5.69 Å². The molecule has 0 fully saturated rings. The average Bonchev–Trinajstić information content (AvgIpc) is 3.19. The van der Waals surface area contributed by atoms with Gasteiger partial charge in [0.2, 0.25) is 0 Å².